The number of rotatable bonds is 3. The standard InChI is InChI=1S/C26H24N2O3/c1-15-5-7-20(13-17(15)3)24(29)22-23(19-9-11-27-12-10-19)28(26(31)25(22)30)21-8-6-16(2)18(4)14-21/h5-14,23,29H,1-4H3/b24-22+. The Morgan fingerprint density at radius 1 is 0.839 bits per heavy atom. The second-order valence-electron chi connectivity index (χ2n) is 8.02. The molecule has 3 aromatic rings. The molecule has 1 fully saturated rings. The van der Waals surface area contributed by atoms with E-state index in [0.29, 0.717) is 16.8 Å². The summed E-state index contributed by atoms with van der Waals surface area (Å²) in [4.78, 5) is 31.9. The topological polar surface area (TPSA) is 70.5 Å². The van der Waals surface area contributed by atoms with Crippen molar-refractivity contribution in [3.05, 3.63) is 99.9 Å². The maximum atomic E-state index is 13.2. The number of carbonyl (C=O) groups is 2. The van der Waals surface area contributed by atoms with Crippen LogP contribution in [-0.2, 0) is 9.59 Å². The van der Waals surface area contributed by atoms with Gasteiger partial charge >= 0.3 is 0 Å². The Hall–Kier alpha value is -3.73. The summed E-state index contributed by atoms with van der Waals surface area (Å²) in [6, 6.07) is 13.9. The van der Waals surface area contributed by atoms with Crippen molar-refractivity contribution in [1.29, 1.82) is 0 Å². The molecule has 1 atom stereocenters. The average molecular weight is 412 g/mol. The maximum Gasteiger partial charge on any atom is 0.300 e. The van der Waals surface area contributed by atoms with Gasteiger partial charge in [0.05, 0.1) is 11.6 Å². The fraction of sp³-hybridized carbons (Fsp3) is 0.192. The van der Waals surface area contributed by atoms with Crippen LogP contribution in [0.5, 0.6) is 0 Å². The van der Waals surface area contributed by atoms with Crippen LogP contribution in [0.4, 0.5) is 5.69 Å². The van der Waals surface area contributed by atoms with Crippen LogP contribution < -0.4 is 4.90 Å². The highest BCUT2D eigenvalue weighted by Gasteiger charge is 2.47. The average Bonchev–Trinajstić information content (AvgIpc) is 3.03. The summed E-state index contributed by atoms with van der Waals surface area (Å²) in [5.41, 5.74) is 6.10. The lowest BCUT2D eigenvalue weighted by molar-refractivity contribution is -0.132. The summed E-state index contributed by atoms with van der Waals surface area (Å²) in [5, 5.41) is 11.2. The molecular weight excluding hydrogens is 388 g/mol. The quantitative estimate of drug-likeness (QED) is 0.376. The van der Waals surface area contributed by atoms with Gasteiger partial charge in [-0.3, -0.25) is 19.5 Å². The Morgan fingerprint density at radius 2 is 1.45 bits per heavy atom. The van der Waals surface area contributed by atoms with Gasteiger partial charge in [-0.05, 0) is 85.8 Å². The van der Waals surface area contributed by atoms with Gasteiger partial charge in [-0.2, -0.15) is 0 Å². The molecule has 0 bridgehead atoms. The van der Waals surface area contributed by atoms with Gasteiger partial charge in [0.25, 0.3) is 11.7 Å². The summed E-state index contributed by atoms with van der Waals surface area (Å²) in [6.45, 7) is 7.88. The zero-order chi connectivity index (χ0) is 22.3. The monoisotopic (exact) mass is 412 g/mol. The summed E-state index contributed by atoms with van der Waals surface area (Å²) in [7, 11) is 0. The predicted octanol–water partition coefficient (Wildman–Crippen LogP) is 4.94. The van der Waals surface area contributed by atoms with Crippen molar-refractivity contribution in [2.45, 2.75) is 33.7 Å². The van der Waals surface area contributed by atoms with Crippen LogP contribution in [0.2, 0.25) is 0 Å². The molecule has 0 saturated carbocycles. The van der Waals surface area contributed by atoms with Gasteiger partial charge in [0.15, 0.2) is 0 Å². The fourth-order valence-electron chi connectivity index (χ4n) is 3.88. The molecule has 5 nitrogen and oxygen atoms in total. The molecule has 31 heavy (non-hydrogen) atoms. The zero-order valence-electron chi connectivity index (χ0n) is 18.0. The summed E-state index contributed by atoms with van der Waals surface area (Å²) < 4.78 is 0. The molecule has 5 heteroatoms. The van der Waals surface area contributed by atoms with Crippen LogP contribution in [0.25, 0.3) is 5.76 Å². The molecule has 156 valence electrons. The van der Waals surface area contributed by atoms with Gasteiger partial charge in [-0.1, -0.05) is 18.2 Å². The highest BCUT2D eigenvalue weighted by molar-refractivity contribution is 6.51. The van der Waals surface area contributed by atoms with Crippen LogP contribution in [0.3, 0.4) is 0 Å². The van der Waals surface area contributed by atoms with Crippen molar-refractivity contribution in [3.8, 4) is 0 Å². The number of hydrogen-bond donors (Lipinski definition) is 1. The van der Waals surface area contributed by atoms with Crippen LogP contribution in [0, 0.1) is 27.7 Å². The van der Waals surface area contributed by atoms with E-state index in [1.54, 1.807) is 30.6 Å². The smallest absolute Gasteiger partial charge is 0.300 e. The van der Waals surface area contributed by atoms with Crippen LogP contribution >= 0.6 is 0 Å². The number of pyridine rings is 1. The second-order valence-corrected chi connectivity index (χ2v) is 8.02. The molecule has 0 aliphatic carbocycles. The lowest BCUT2D eigenvalue weighted by Crippen LogP contribution is -2.29. The minimum Gasteiger partial charge on any atom is -0.507 e. The number of ketones is 1. The number of hydrogen-bond acceptors (Lipinski definition) is 4. The molecule has 4 rings (SSSR count). The van der Waals surface area contributed by atoms with E-state index in [1.807, 2.05) is 58.0 Å². The number of amides is 1. The first kappa shape index (κ1) is 20.5. The van der Waals surface area contributed by atoms with Crippen molar-refractivity contribution in [1.82, 2.24) is 4.98 Å². The Bertz CT molecular complexity index is 1230. The van der Waals surface area contributed by atoms with E-state index in [-0.39, 0.29) is 11.3 Å². The molecule has 2 heterocycles. The third kappa shape index (κ3) is 3.52. The van der Waals surface area contributed by atoms with Crippen LogP contribution in [0.1, 0.15) is 39.4 Å². The number of carbonyl (C=O) groups excluding carboxylic acids is 2. The Kier molecular flexibility index (Phi) is 5.19. The van der Waals surface area contributed by atoms with Gasteiger partial charge in [-0.15, -0.1) is 0 Å². The van der Waals surface area contributed by atoms with E-state index >= 15 is 0 Å². The lowest BCUT2D eigenvalue weighted by atomic mass is 9.94. The first-order valence-electron chi connectivity index (χ1n) is 10.2. The predicted molar refractivity (Wildman–Crippen MR) is 121 cm³/mol. The van der Waals surface area contributed by atoms with Gasteiger partial charge in [0, 0.05) is 23.6 Å². The van der Waals surface area contributed by atoms with Gasteiger partial charge in [-0.25, -0.2) is 0 Å². The van der Waals surface area contributed by atoms with E-state index in [4.69, 9.17) is 0 Å². The molecular formula is C26H24N2O3. The first-order valence-corrected chi connectivity index (χ1v) is 10.2. The van der Waals surface area contributed by atoms with Crippen molar-refractivity contribution >= 4 is 23.1 Å². The Labute approximate surface area is 181 Å². The van der Waals surface area contributed by atoms with E-state index in [9.17, 15) is 14.7 Å². The maximum absolute atomic E-state index is 13.2. The number of aliphatic hydroxyl groups excluding tert-OH is 1. The van der Waals surface area contributed by atoms with Crippen molar-refractivity contribution in [2.75, 3.05) is 4.90 Å². The number of benzene rings is 2. The number of aliphatic hydroxyl groups is 1. The summed E-state index contributed by atoms with van der Waals surface area (Å²) in [5.74, 6) is -1.53. The molecule has 1 aliphatic rings. The van der Waals surface area contributed by atoms with Crippen molar-refractivity contribution < 1.29 is 14.7 Å². The molecule has 0 spiro atoms. The number of anilines is 1. The minimum absolute atomic E-state index is 0.0812. The largest absolute Gasteiger partial charge is 0.507 e. The fourth-order valence-corrected chi connectivity index (χ4v) is 3.88. The molecule has 1 saturated heterocycles. The van der Waals surface area contributed by atoms with E-state index in [2.05, 4.69) is 4.98 Å². The third-order valence-electron chi connectivity index (χ3n) is 6.02. The Balaban J connectivity index is 1.95. The molecule has 2 aromatic carbocycles. The molecule has 1 aromatic heterocycles. The second kappa shape index (κ2) is 7.84. The Morgan fingerprint density at radius 3 is 2.06 bits per heavy atom. The molecule has 1 N–H and O–H groups in total. The number of aromatic nitrogens is 1. The zero-order valence-corrected chi connectivity index (χ0v) is 18.0. The number of Topliss-reactive ketones (excluding diaryl/α,β-unsaturated/α-hetero) is 1. The highest BCUT2D eigenvalue weighted by Crippen LogP contribution is 2.42. The third-order valence-corrected chi connectivity index (χ3v) is 6.02. The van der Waals surface area contributed by atoms with E-state index < -0.39 is 17.7 Å². The van der Waals surface area contributed by atoms with Crippen LogP contribution in [-0.4, -0.2) is 21.8 Å². The minimum atomic E-state index is -0.744. The highest BCUT2D eigenvalue weighted by atomic mass is 16.3. The van der Waals surface area contributed by atoms with Gasteiger partial charge in [0.2, 0.25) is 0 Å². The molecule has 0 radical (unpaired) electrons. The van der Waals surface area contributed by atoms with Crippen LogP contribution in [0.15, 0.2) is 66.5 Å². The van der Waals surface area contributed by atoms with E-state index in [0.717, 1.165) is 22.3 Å². The lowest BCUT2D eigenvalue weighted by Gasteiger charge is -2.26. The van der Waals surface area contributed by atoms with Gasteiger partial charge < -0.3 is 5.11 Å². The normalized spacial score (nSPS) is 17.9. The van der Waals surface area contributed by atoms with Crippen molar-refractivity contribution in [3.63, 3.8) is 0 Å². The molecule has 1 amide bonds. The number of aryl methyl sites for hydroxylation is 4. The first-order chi connectivity index (χ1) is 14.8. The van der Waals surface area contributed by atoms with E-state index in [1.165, 1.54) is 4.90 Å². The molecule has 1 aliphatic heterocycles. The van der Waals surface area contributed by atoms with Gasteiger partial charge in [0.1, 0.15) is 5.76 Å². The SMILES string of the molecule is Cc1ccc(/C(O)=C2\C(=O)C(=O)N(c3ccc(C)c(C)c3)C2c2ccncc2)cc1C. The summed E-state index contributed by atoms with van der Waals surface area (Å²) in [6.07, 6.45) is 3.23. The van der Waals surface area contributed by atoms with Crippen molar-refractivity contribution in [2.24, 2.45) is 0 Å². The summed E-state index contributed by atoms with van der Waals surface area (Å²) >= 11 is 0. The number of nitrogens with zero attached hydrogens (tertiary/aromatic N) is 2. The molecule has 1 unspecified atom stereocenters.